The van der Waals surface area contributed by atoms with E-state index in [1.165, 1.54) is 24.3 Å². The van der Waals surface area contributed by atoms with Crippen molar-refractivity contribution in [1.29, 1.82) is 0 Å². The van der Waals surface area contributed by atoms with Crippen LogP contribution in [0.15, 0.2) is 42.5 Å². The minimum atomic E-state index is -0.369. The summed E-state index contributed by atoms with van der Waals surface area (Å²) in [6.45, 7) is 3.81. The van der Waals surface area contributed by atoms with E-state index in [0.29, 0.717) is 48.8 Å². The lowest BCUT2D eigenvalue weighted by Crippen LogP contribution is -2.50. The van der Waals surface area contributed by atoms with E-state index in [4.69, 9.17) is 9.47 Å². The summed E-state index contributed by atoms with van der Waals surface area (Å²) in [7, 11) is 3.10. The summed E-state index contributed by atoms with van der Waals surface area (Å²) in [5.74, 6) is 0.500. The maximum atomic E-state index is 12.9. The molecule has 1 N–H and O–H groups in total. The van der Waals surface area contributed by atoms with Crippen molar-refractivity contribution in [2.45, 2.75) is 0 Å². The number of hydrogen-bond acceptors (Lipinski definition) is 5. The Kier molecular flexibility index (Phi) is 7.24. The molecule has 0 spiro atoms. The highest BCUT2D eigenvalue weighted by atomic mass is 19.1. The van der Waals surface area contributed by atoms with Gasteiger partial charge in [-0.25, -0.2) is 4.39 Å². The van der Waals surface area contributed by atoms with E-state index < -0.39 is 0 Å². The average Bonchev–Trinajstić information content (AvgIpc) is 2.79. The van der Waals surface area contributed by atoms with Crippen LogP contribution in [0.25, 0.3) is 0 Å². The third kappa shape index (κ3) is 5.48. The Morgan fingerprint density at radius 1 is 0.933 bits per heavy atom. The molecule has 1 fully saturated rings. The molecule has 0 radical (unpaired) electrons. The molecule has 160 valence electrons. The van der Waals surface area contributed by atoms with Crippen LogP contribution in [0.3, 0.4) is 0 Å². The summed E-state index contributed by atoms with van der Waals surface area (Å²) < 4.78 is 23.4. The fourth-order valence-electron chi connectivity index (χ4n) is 3.32. The Balaban J connectivity index is 1.46. The number of halogens is 1. The molecule has 1 aliphatic rings. The Labute approximate surface area is 175 Å². The van der Waals surface area contributed by atoms with Gasteiger partial charge in [0, 0.05) is 56.5 Å². The largest absolute Gasteiger partial charge is 0.497 e. The van der Waals surface area contributed by atoms with Crippen LogP contribution in [0.1, 0.15) is 20.7 Å². The summed E-state index contributed by atoms with van der Waals surface area (Å²) >= 11 is 0. The number of carbonyl (C=O) groups is 2. The number of methoxy groups -OCH3 is 2. The SMILES string of the molecule is COc1cc(OC)cc(C(=O)N2CCN(CCNC(=O)c3ccc(F)cc3)CC2)c1. The quantitative estimate of drug-likeness (QED) is 0.749. The van der Waals surface area contributed by atoms with Crippen molar-refractivity contribution in [2.75, 3.05) is 53.5 Å². The molecule has 2 aromatic carbocycles. The fraction of sp³-hybridized carbons (Fsp3) is 0.364. The number of nitrogens with zero attached hydrogens (tertiary/aromatic N) is 2. The molecule has 0 aliphatic carbocycles. The van der Waals surface area contributed by atoms with Crippen LogP contribution in [0.2, 0.25) is 0 Å². The van der Waals surface area contributed by atoms with Crippen molar-refractivity contribution in [2.24, 2.45) is 0 Å². The molecule has 0 unspecified atom stereocenters. The predicted molar refractivity (Wildman–Crippen MR) is 111 cm³/mol. The number of nitrogens with one attached hydrogen (secondary N) is 1. The number of amides is 2. The zero-order valence-corrected chi connectivity index (χ0v) is 17.2. The van der Waals surface area contributed by atoms with E-state index in [1.807, 2.05) is 4.90 Å². The first-order valence-electron chi connectivity index (χ1n) is 9.78. The molecule has 0 bridgehead atoms. The molecular weight excluding hydrogens is 389 g/mol. The van der Waals surface area contributed by atoms with Crippen LogP contribution in [0.5, 0.6) is 11.5 Å². The Morgan fingerprint density at radius 2 is 1.53 bits per heavy atom. The van der Waals surface area contributed by atoms with Crippen molar-refractivity contribution in [3.05, 3.63) is 59.4 Å². The monoisotopic (exact) mass is 415 g/mol. The van der Waals surface area contributed by atoms with E-state index in [2.05, 4.69) is 10.2 Å². The minimum absolute atomic E-state index is 0.0588. The van der Waals surface area contributed by atoms with Gasteiger partial charge in [0.1, 0.15) is 17.3 Å². The topological polar surface area (TPSA) is 71.1 Å². The van der Waals surface area contributed by atoms with Crippen LogP contribution >= 0.6 is 0 Å². The number of rotatable bonds is 7. The van der Waals surface area contributed by atoms with Gasteiger partial charge in [-0.1, -0.05) is 0 Å². The highest BCUT2D eigenvalue weighted by molar-refractivity contribution is 5.95. The maximum absolute atomic E-state index is 12.9. The van der Waals surface area contributed by atoms with E-state index in [0.717, 1.165) is 13.1 Å². The fourth-order valence-corrected chi connectivity index (χ4v) is 3.32. The van der Waals surface area contributed by atoms with Gasteiger partial charge in [0.25, 0.3) is 11.8 Å². The maximum Gasteiger partial charge on any atom is 0.254 e. The highest BCUT2D eigenvalue weighted by Crippen LogP contribution is 2.23. The molecule has 3 rings (SSSR count). The van der Waals surface area contributed by atoms with Crippen LogP contribution in [0.4, 0.5) is 4.39 Å². The summed E-state index contributed by atoms with van der Waals surface area (Å²) in [4.78, 5) is 28.9. The van der Waals surface area contributed by atoms with Crippen LogP contribution in [0, 0.1) is 5.82 Å². The van der Waals surface area contributed by atoms with Crippen molar-refractivity contribution < 1.29 is 23.5 Å². The smallest absolute Gasteiger partial charge is 0.254 e. The molecule has 2 aromatic rings. The molecule has 0 atom stereocenters. The molecule has 0 saturated carbocycles. The number of piperazine rings is 1. The summed E-state index contributed by atoms with van der Waals surface area (Å²) in [5.41, 5.74) is 0.965. The minimum Gasteiger partial charge on any atom is -0.497 e. The summed E-state index contributed by atoms with van der Waals surface area (Å²) in [6.07, 6.45) is 0. The Bertz CT molecular complexity index is 858. The molecule has 2 amide bonds. The molecule has 1 aliphatic heterocycles. The van der Waals surface area contributed by atoms with E-state index in [-0.39, 0.29) is 17.6 Å². The second-order valence-corrected chi connectivity index (χ2v) is 7.00. The molecular formula is C22H26FN3O4. The van der Waals surface area contributed by atoms with Crippen molar-refractivity contribution in [1.82, 2.24) is 15.1 Å². The molecule has 1 heterocycles. The molecule has 1 saturated heterocycles. The lowest BCUT2D eigenvalue weighted by atomic mass is 10.1. The standard InChI is InChI=1S/C22H26FN3O4/c1-29-19-13-17(14-20(15-19)30-2)22(28)26-11-9-25(10-12-26)8-7-24-21(27)16-3-5-18(23)6-4-16/h3-6,13-15H,7-12H2,1-2H3,(H,24,27). The first-order valence-corrected chi connectivity index (χ1v) is 9.78. The second-order valence-electron chi connectivity index (χ2n) is 7.00. The number of ether oxygens (including phenoxy) is 2. The average molecular weight is 415 g/mol. The lowest BCUT2D eigenvalue weighted by molar-refractivity contribution is 0.0637. The third-order valence-corrected chi connectivity index (χ3v) is 5.08. The van der Waals surface area contributed by atoms with Gasteiger partial charge in [-0.2, -0.15) is 0 Å². The van der Waals surface area contributed by atoms with Crippen molar-refractivity contribution in [3.8, 4) is 11.5 Å². The van der Waals surface area contributed by atoms with Gasteiger partial charge in [0.05, 0.1) is 14.2 Å². The van der Waals surface area contributed by atoms with Crippen LogP contribution in [-0.2, 0) is 0 Å². The van der Waals surface area contributed by atoms with Gasteiger partial charge in [-0.15, -0.1) is 0 Å². The normalized spacial score (nSPS) is 14.3. The first-order chi connectivity index (χ1) is 14.5. The zero-order chi connectivity index (χ0) is 21.5. The van der Waals surface area contributed by atoms with Crippen LogP contribution < -0.4 is 14.8 Å². The van der Waals surface area contributed by atoms with E-state index >= 15 is 0 Å². The Hall–Kier alpha value is -3.13. The van der Waals surface area contributed by atoms with Crippen molar-refractivity contribution in [3.63, 3.8) is 0 Å². The summed E-state index contributed by atoms with van der Waals surface area (Å²) in [6, 6.07) is 10.6. The number of benzene rings is 2. The zero-order valence-electron chi connectivity index (χ0n) is 17.2. The predicted octanol–water partition coefficient (Wildman–Crippen LogP) is 2.03. The van der Waals surface area contributed by atoms with E-state index in [9.17, 15) is 14.0 Å². The Morgan fingerprint density at radius 3 is 2.10 bits per heavy atom. The van der Waals surface area contributed by atoms with Gasteiger partial charge in [0.15, 0.2) is 0 Å². The lowest BCUT2D eigenvalue weighted by Gasteiger charge is -2.34. The second kappa shape index (κ2) is 10.1. The number of carbonyl (C=O) groups excluding carboxylic acids is 2. The van der Waals surface area contributed by atoms with E-state index in [1.54, 1.807) is 32.4 Å². The van der Waals surface area contributed by atoms with Gasteiger partial charge < -0.3 is 19.7 Å². The third-order valence-electron chi connectivity index (χ3n) is 5.08. The highest BCUT2D eigenvalue weighted by Gasteiger charge is 2.23. The van der Waals surface area contributed by atoms with Crippen LogP contribution in [-0.4, -0.2) is 75.1 Å². The van der Waals surface area contributed by atoms with Gasteiger partial charge in [0.2, 0.25) is 0 Å². The molecule has 8 heteroatoms. The van der Waals surface area contributed by atoms with Gasteiger partial charge in [-0.3, -0.25) is 14.5 Å². The molecule has 30 heavy (non-hydrogen) atoms. The molecule has 0 aromatic heterocycles. The number of hydrogen-bond donors (Lipinski definition) is 1. The molecule has 7 nitrogen and oxygen atoms in total. The first kappa shape index (κ1) is 21.6. The van der Waals surface area contributed by atoms with Gasteiger partial charge in [-0.05, 0) is 36.4 Å². The van der Waals surface area contributed by atoms with Crippen molar-refractivity contribution >= 4 is 11.8 Å². The van der Waals surface area contributed by atoms with Gasteiger partial charge >= 0.3 is 0 Å². The summed E-state index contributed by atoms with van der Waals surface area (Å²) in [5, 5.41) is 2.84.